The largest absolute Gasteiger partial charge is 0.381 e. The second-order valence-electron chi connectivity index (χ2n) is 6.10. The molecule has 0 aliphatic heterocycles. The van der Waals surface area contributed by atoms with Crippen LogP contribution in [0.25, 0.3) is 5.69 Å². The summed E-state index contributed by atoms with van der Waals surface area (Å²) >= 11 is 0. The van der Waals surface area contributed by atoms with Crippen LogP contribution < -0.4 is 4.72 Å². The maximum absolute atomic E-state index is 12.6. The molecule has 8 heteroatoms. The van der Waals surface area contributed by atoms with E-state index in [-0.39, 0.29) is 18.0 Å². The van der Waals surface area contributed by atoms with Crippen molar-refractivity contribution in [3.63, 3.8) is 0 Å². The van der Waals surface area contributed by atoms with Gasteiger partial charge in [-0.3, -0.25) is 0 Å². The van der Waals surface area contributed by atoms with Crippen LogP contribution in [0.3, 0.4) is 0 Å². The molecule has 0 saturated carbocycles. The third kappa shape index (κ3) is 4.42. The first-order valence-electron chi connectivity index (χ1n) is 8.31. The van der Waals surface area contributed by atoms with Gasteiger partial charge in [-0.25, -0.2) is 17.8 Å². The fourth-order valence-corrected chi connectivity index (χ4v) is 3.81. The van der Waals surface area contributed by atoms with Crippen LogP contribution in [0, 0.1) is 0 Å². The molecular weight excluding hydrogens is 366 g/mol. The summed E-state index contributed by atoms with van der Waals surface area (Å²) in [6.45, 7) is -0.258. The van der Waals surface area contributed by atoms with E-state index in [4.69, 9.17) is 4.74 Å². The number of hydrogen-bond donors (Lipinski definition) is 2. The lowest BCUT2D eigenvalue weighted by Crippen LogP contribution is -2.43. The number of aromatic nitrogens is 2. The molecule has 142 valence electrons. The van der Waals surface area contributed by atoms with E-state index in [1.165, 1.54) is 19.2 Å². The SMILES string of the molecule is COCC(O)(CNS(=O)(=O)c1ccc(-n2cccn2)cc1)c1ccccc1. The molecule has 0 amide bonds. The quantitative estimate of drug-likeness (QED) is 0.613. The summed E-state index contributed by atoms with van der Waals surface area (Å²) < 4.78 is 34.5. The Hall–Kier alpha value is -2.52. The Bertz CT molecular complexity index is 958. The van der Waals surface area contributed by atoms with Crippen LogP contribution in [0.15, 0.2) is 78.0 Å². The van der Waals surface area contributed by atoms with Crippen LogP contribution in [-0.2, 0) is 20.4 Å². The van der Waals surface area contributed by atoms with Gasteiger partial charge in [0.15, 0.2) is 0 Å². The molecule has 0 fully saturated rings. The van der Waals surface area contributed by atoms with Crippen molar-refractivity contribution in [1.29, 1.82) is 0 Å². The average Bonchev–Trinajstić information content (AvgIpc) is 3.22. The first-order chi connectivity index (χ1) is 12.9. The van der Waals surface area contributed by atoms with Gasteiger partial charge in [0.05, 0.1) is 17.2 Å². The number of aliphatic hydroxyl groups is 1. The van der Waals surface area contributed by atoms with Crippen molar-refractivity contribution in [2.24, 2.45) is 0 Å². The zero-order valence-corrected chi connectivity index (χ0v) is 15.6. The van der Waals surface area contributed by atoms with E-state index in [2.05, 4.69) is 9.82 Å². The minimum atomic E-state index is -3.80. The van der Waals surface area contributed by atoms with Gasteiger partial charge in [0.1, 0.15) is 5.60 Å². The maximum atomic E-state index is 12.6. The monoisotopic (exact) mass is 387 g/mol. The molecule has 3 aromatic rings. The van der Waals surface area contributed by atoms with E-state index in [1.807, 2.05) is 6.07 Å². The number of hydrogen-bond acceptors (Lipinski definition) is 5. The Balaban J connectivity index is 1.77. The number of nitrogens with one attached hydrogen (secondary N) is 1. The molecule has 7 nitrogen and oxygen atoms in total. The molecule has 0 aliphatic rings. The van der Waals surface area contributed by atoms with Gasteiger partial charge in [-0.2, -0.15) is 5.10 Å². The zero-order valence-electron chi connectivity index (χ0n) is 14.8. The van der Waals surface area contributed by atoms with E-state index >= 15 is 0 Å². The van der Waals surface area contributed by atoms with Crippen molar-refractivity contribution in [2.75, 3.05) is 20.3 Å². The smallest absolute Gasteiger partial charge is 0.240 e. The molecule has 1 heterocycles. The highest BCUT2D eigenvalue weighted by atomic mass is 32.2. The molecule has 0 saturated heterocycles. The van der Waals surface area contributed by atoms with Crippen molar-refractivity contribution in [1.82, 2.24) is 14.5 Å². The summed E-state index contributed by atoms with van der Waals surface area (Å²) in [5.74, 6) is 0. The van der Waals surface area contributed by atoms with E-state index in [0.717, 1.165) is 5.69 Å². The summed E-state index contributed by atoms with van der Waals surface area (Å²) in [5.41, 5.74) is -0.152. The summed E-state index contributed by atoms with van der Waals surface area (Å²) in [7, 11) is -2.35. The molecule has 0 radical (unpaired) electrons. The van der Waals surface area contributed by atoms with Crippen LogP contribution in [0.1, 0.15) is 5.56 Å². The normalized spacial score (nSPS) is 14.0. The van der Waals surface area contributed by atoms with Gasteiger partial charge in [-0.1, -0.05) is 30.3 Å². The van der Waals surface area contributed by atoms with Gasteiger partial charge >= 0.3 is 0 Å². The van der Waals surface area contributed by atoms with Crippen molar-refractivity contribution < 1.29 is 18.3 Å². The van der Waals surface area contributed by atoms with Crippen LogP contribution in [-0.4, -0.2) is 43.6 Å². The molecule has 0 spiro atoms. The van der Waals surface area contributed by atoms with Crippen LogP contribution in [0.2, 0.25) is 0 Å². The van der Waals surface area contributed by atoms with Gasteiger partial charge in [0.25, 0.3) is 0 Å². The van der Waals surface area contributed by atoms with Crippen molar-refractivity contribution in [3.05, 3.63) is 78.6 Å². The topological polar surface area (TPSA) is 93.5 Å². The summed E-state index contributed by atoms with van der Waals surface area (Å²) in [5, 5.41) is 15.0. The Morgan fingerprint density at radius 1 is 1.11 bits per heavy atom. The Kier molecular flexibility index (Phi) is 5.71. The van der Waals surface area contributed by atoms with E-state index in [1.54, 1.807) is 59.5 Å². The Morgan fingerprint density at radius 3 is 2.41 bits per heavy atom. The minimum Gasteiger partial charge on any atom is -0.381 e. The second kappa shape index (κ2) is 8.01. The fourth-order valence-electron chi connectivity index (χ4n) is 2.72. The molecule has 0 aliphatic carbocycles. The summed E-state index contributed by atoms with van der Waals surface area (Å²) in [4.78, 5) is 0.103. The maximum Gasteiger partial charge on any atom is 0.240 e. The predicted octanol–water partition coefficient (Wildman–Crippen LogP) is 1.68. The van der Waals surface area contributed by atoms with Crippen molar-refractivity contribution >= 4 is 10.0 Å². The molecule has 2 aromatic carbocycles. The standard InChI is InChI=1S/C19H21N3O4S/c1-26-15-19(23,16-6-3-2-4-7-16)14-21-27(24,25)18-10-8-17(9-11-18)22-13-5-12-20-22/h2-13,21,23H,14-15H2,1H3. The van der Waals surface area contributed by atoms with Gasteiger partial charge in [-0.15, -0.1) is 0 Å². The molecule has 1 unspecified atom stereocenters. The molecule has 1 aromatic heterocycles. The predicted molar refractivity (Wildman–Crippen MR) is 101 cm³/mol. The van der Waals surface area contributed by atoms with Gasteiger partial charge in [0.2, 0.25) is 10.0 Å². The van der Waals surface area contributed by atoms with Crippen molar-refractivity contribution in [3.8, 4) is 5.69 Å². The van der Waals surface area contributed by atoms with Gasteiger partial charge in [0, 0.05) is 26.0 Å². The van der Waals surface area contributed by atoms with Crippen LogP contribution in [0.5, 0.6) is 0 Å². The van der Waals surface area contributed by atoms with Crippen LogP contribution >= 0.6 is 0 Å². The van der Waals surface area contributed by atoms with Crippen molar-refractivity contribution in [2.45, 2.75) is 10.5 Å². The second-order valence-corrected chi connectivity index (χ2v) is 7.87. The molecular formula is C19H21N3O4S. The van der Waals surface area contributed by atoms with Crippen LogP contribution in [0.4, 0.5) is 0 Å². The highest BCUT2D eigenvalue weighted by Gasteiger charge is 2.31. The number of sulfonamides is 1. The molecule has 3 rings (SSSR count). The first kappa shape index (κ1) is 19.2. The van der Waals surface area contributed by atoms with E-state index in [0.29, 0.717) is 5.56 Å². The third-order valence-electron chi connectivity index (χ3n) is 4.16. The molecule has 2 N–H and O–H groups in total. The van der Waals surface area contributed by atoms with Gasteiger partial charge in [-0.05, 0) is 35.9 Å². The Morgan fingerprint density at radius 2 is 1.81 bits per heavy atom. The minimum absolute atomic E-state index is 0.0439. The lowest BCUT2D eigenvalue weighted by Gasteiger charge is -2.28. The van der Waals surface area contributed by atoms with E-state index < -0.39 is 15.6 Å². The average molecular weight is 387 g/mol. The summed E-state index contributed by atoms with van der Waals surface area (Å²) in [6.07, 6.45) is 3.42. The number of ether oxygens (including phenoxy) is 1. The zero-order chi connectivity index (χ0) is 19.3. The molecule has 27 heavy (non-hydrogen) atoms. The van der Waals surface area contributed by atoms with E-state index in [9.17, 15) is 13.5 Å². The Labute approximate surface area is 158 Å². The highest BCUT2D eigenvalue weighted by molar-refractivity contribution is 7.89. The fraction of sp³-hybridized carbons (Fsp3) is 0.211. The lowest BCUT2D eigenvalue weighted by molar-refractivity contribution is -0.0310. The number of benzene rings is 2. The first-order valence-corrected chi connectivity index (χ1v) is 9.79. The number of nitrogens with zero attached hydrogens (tertiary/aromatic N) is 2. The van der Waals surface area contributed by atoms with Gasteiger partial charge < -0.3 is 9.84 Å². The third-order valence-corrected chi connectivity index (χ3v) is 5.58. The summed E-state index contributed by atoms with van der Waals surface area (Å²) in [6, 6.07) is 16.9. The molecule has 0 bridgehead atoms. The number of rotatable bonds is 8. The molecule has 1 atom stereocenters. The lowest BCUT2D eigenvalue weighted by atomic mass is 9.95. The number of methoxy groups -OCH3 is 1. The highest BCUT2D eigenvalue weighted by Crippen LogP contribution is 2.22.